The number of carboxylic acid groups (broad SMARTS) is 1. The molecule has 7 nitrogen and oxygen atoms in total. The van der Waals surface area contributed by atoms with Crippen LogP contribution in [0.3, 0.4) is 0 Å². The largest absolute Gasteiger partial charge is 0.490 e. The number of benzene rings is 2. The number of hydrogen-bond donors (Lipinski definition) is 2. The summed E-state index contributed by atoms with van der Waals surface area (Å²) in [5.41, 5.74) is 4.77. The van der Waals surface area contributed by atoms with Crippen molar-refractivity contribution < 1.29 is 32.6 Å². The van der Waals surface area contributed by atoms with Gasteiger partial charge >= 0.3 is 18.1 Å². The Bertz CT molecular complexity index is 1130. The van der Waals surface area contributed by atoms with Crippen molar-refractivity contribution in [3.05, 3.63) is 94.8 Å². The van der Waals surface area contributed by atoms with Gasteiger partial charge in [-0.3, -0.25) is 0 Å². The van der Waals surface area contributed by atoms with Crippen LogP contribution in [0.2, 0.25) is 0 Å². The van der Waals surface area contributed by atoms with Gasteiger partial charge in [0.05, 0.1) is 18.4 Å². The normalized spacial score (nSPS) is 11.1. The van der Waals surface area contributed by atoms with Crippen LogP contribution in [0, 0.1) is 0 Å². The molecule has 3 aromatic rings. The highest BCUT2D eigenvalue weighted by atomic mass is 19.4. The van der Waals surface area contributed by atoms with Crippen molar-refractivity contribution in [2.75, 3.05) is 6.61 Å². The molecule has 0 saturated heterocycles. The fraction of sp³-hybridized carbons (Fsp3) is 0.208. The molecular weight excluding hydrogens is 451 g/mol. The third-order valence-electron chi connectivity index (χ3n) is 4.48. The molecule has 180 valence electrons. The topological polar surface area (TPSA) is 107 Å². The van der Waals surface area contributed by atoms with Gasteiger partial charge in [-0.05, 0) is 41.7 Å². The van der Waals surface area contributed by atoms with Crippen LogP contribution in [-0.2, 0) is 22.5 Å². The first-order chi connectivity index (χ1) is 16.1. The number of esters is 1. The van der Waals surface area contributed by atoms with Crippen molar-refractivity contribution in [2.45, 2.75) is 26.1 Å². The second-order valence-electron chi connectivity index (χ2n) is 7.08. The predicted octanol–water partition coefficient (Wildman–Crippen LogP) is 4.23. The van der Waals surface area contributed by atoms with Gasteiger partial charge in [0.25, 0.3) is 0 Å². The monoisotopic (exact) mass is 475 g/mol. The average Bonchev–Trinajstić information content (AvgIpc) is 3.17. The summed E-state index contributed by atoms with van der Waals surface area (Å²) in [7, 11) is 0. The number of aliphatic carboxylic acids is 1. The summed E-state index contributed by atoms with van der Waals surface area (Å²) in [6.45, 7) is 2.82. The van der Waals surface area contributed by atoms with E-state index in [1.807, 2.05) is 66.3 Å². The minimum atomic E-state index is -5.08. The molecule has 0 amide bonds. The van der Waals surface area contributed by atoms with E-state index in [2.05, 4.69) is 17.2 Å². The van der Waals surface area contributed by atoms with Crippen LogP contribution in [-0.4, -0.2) is 40.6 Å². The highest BCUT2D eigenvalue weighted by molar-refractivity contribution is 5.91. The van der Waals surface area contributed by atoms with Gasteiger partial charge in [-0.15, -0.1) is 0 Å². The number of alkyl halides is 3. The summed E-state index contributed by atoms with van der Waals surface area (Å²) in [6.07, 6.45) is 1.09. The van der Waals surface area contributed by atoms with Crippen LogP contribution in [0.15, 0.2) is 72.1 Å². The Morgan fingerprint density at radius 1 is 1.09 bits per heavy atom. The van der Waals surface area contributed by atoms with Gasteiger partial charge in [-0.1, -0.05) is 48.5 Å². The number of hydrazone groups is 1. The molecule has 1 aromatic heterocycles. The summed E-state index contributed by atoms with van der Waals surface area (Å²) < 4.78 is 39.0. The van der Waals surface area contributed by atoms with E-state index < -0.39 is 12.1 Å². The summed E-state index contributed by atoms with van der Waals surface area (Å²) in [5.74, 6) is 2.19. The third-order valence-corrected chi connectivity index (χ3v) is 4.48. The van der Waals surface area contributed by atoms with Gasteiger partial charge in [0.1, 0.15) is 0 Å². The lowest BCUT2D eigenvalue weighted by molar-refractivity contribution is -0.192. The number of rotatable bonds is 7. The second-order valence-corrected chi connectivity index (χ2v) is 7.08. The fourth-order valence-electron chi connectivity index (χ4n) is 3.06. The Hall–Kier alpha value is -4.08. The minimum absolute atomic E-state index is 0.286. The molecule has 0 saturated carbocycles. The number of carbonyl (C=O) groups excluding carboxylic acids is 1. The Labute approximate surface area is 194 Å². The van der Waals surface area contributed by atoms with Crippen molar-refractivity contribution in [1.82, 2.24) is 4.57 Å². The standard InChI is InChI=1S/C22H23N3O2.C2HF3O2/c1-2-27-22(26)21-16-25(14-19-10-6-9-18(11-19)13-24-23)15-20(21)12-17-7-4-3-5-8-17;3-2(4,5)1(6)7/h3-11,13,15-16H,2,12,14,23H2,1H3;(H,6,7). The highest BCUT2D eigenvalue weighted by Crippen LogP contribution is 2.19. The van der Waals surface area contributed by atoms with Crippen molar-refractivity contribution in [3.8, 4) is 0 Å². The molecule has 0 radical (unpaired) electrons. The minimum Gasteiger partial charge on any atom is -0.475 e. The van der Waals surface area contributed by atoms with Crippen LogP contribution in [0.5, 0.6) is 0 Å². The number of nitrogens with two attached hydrogens (primary N) is 1. The predicted molar refractivity (Wildman–Crippen MR) is 121 cm³/mol. The van der Waals surface area contributed by atoms with Crippen molar-refractivity contribution in [1.29, 1.82) is 0 Å². The molecular formula is C24H24F3N3O4. The SMILES string of the molecule is CCOC(=O)c1cn(Cc2cccc(C=NN)c2)cc1Cc1ccccc1.O=C(O)C(F)(F)F. The van der Waals surface area contributed by atoms with Crippen LogP contribution < -0.4 is 5.84 Å². The number of carboxylic acids is 1. The Kier molecular flexibility index (Phi) is 9.42. The maximum absolute atomic E-state index is 12.4. The molecule has 2 aromatic carbocycles. The lowest BCUT2D eigenvalue weighted by Gasteiger charge is -2.04. The molecule has 0 aliphatic carbocycles. The molecule has 0 aliphatic rings. The zero-order valence-electron chi connectivity index (χ0n) is 18.3. The van der Waals surface area contributed by atoms with Gasteiger partial charge in [-0.25, -0.2) is 9.59 Å². The van der Waals surface area contributed by atoms with Gasteiger partial charge < -0.3 is 20.3 Å². The smallest absolute Gasteiger partial charge is 0.475 e. The van der Waals surface area contributed by atoms with Gasteiger partial charge in [0, 0.05) is 18.9 Å². The van der Waals surface area contributed by atoms with E-state index >= 15 is 0 Å². The van der Waals surface area contributed by atoms with Crippen LogP contribution >= 0.6 is 0 Å². The van der Waals surface area contributed by atoms with Crippen LogP contribution in [0.1, 0.15) is 39.5 Å². The Morgan fingerprint density at radius 2 is 1.74 bits per heavy atom. The molecule has 0 atom stereocenters. The molecule has 1 heterocycles. The van der Waals surface area contributed by atoms with E-state index in [4.69, 9.17) is 20.5 Å². The lowest BCUT2D eigenvalue weighted by atomic mass is 10.0. The molecule has 10 heteroatoms. The van der Waals surface area contributed by atoms with Gasteiger partial charge in [0.15, 0.2) is 0 Å². The zero-order valence-corrected chi connectivity index (χ0v) is 18.3. The zero-order chi connectivity index (χ0) is 25.1. The molecule has 0 bridgehead atoms. The summed E-state index contributed by atoms with van der Waals surface area (Å²) in [4.78, 5) is 21.3. The lowest BCUT2D eigenvalue weighted by Crippen LogP contribution is -2.21. The number of halogens is 3. The number of hydrogen-bond acceptors (Lipinski definition) is 5. The van der Waals surface area contributed by atoms with Crippen LogP contribution in [0.25, 0.3) is 0 Å². The van der Waals surface area contributed by atoms with Crippen molar-refractivity contribution in [3.63, 3.8) is 0 Å². The van der Waals surface area contributed by atoms with Crippen LogP contribution in [0.4, 0.5) is 13.2 Å². The molecule has 0 aliphatic heterocycles. The van der Waals surface area contributed by atoms with Crippen molar-refractivity contribution in [2.24, 2.45) is 10.9 Å². The van der Waals surface area contributed by atoms with E-state index in [0.29, 0.717) is 25.1 Å². The van der Waals surface area contributed by atoms with Gasteiger partial charge in [-0.2, -0.15) is 18.3 Å². The van der Waals surface area contributed by atoms with Crippen molar-refractivity contribution >= 4 is 18.2 Å². The summed E-state index contributed by atoms with van der Waals surface area (Å²) in [5, 5.41) is 10.7. The quantitative estimate of drug-likeness (QED) is 0.230. The first-order valence-corrected chi connectivity index (χ1v) is 10.2. The highest BCUT2D eigenvalue weighted by Gasteiger charge is 2.38. The fourth-order valence-corrected chi connectivity index (χ4v) is 3.06. The third kappa shape index (κ3) is 8.12. The van der Waals surface area contributed by atoms with E-state index in [0.717, 1.165) is 22.3 Å². The molecule has 34 heavy (non-hydrogen) atoms. The average molecular weight is 475 g/mol. The molecule has 0 unspecified atom stereocenters. The number of ether oxygens (including phenoxy) is 1. The number of nitrogens with zero attached hydrogens (tertiary/aromatic N) is 2. The first kappa shape index (κ1) is 26.2. The maximum atomic E-state index is 12.4. The molecule has 0 spiro atoms. The maximum Gasteiger partial charge on any atom is 0.490 e. The summed E-state index contributed by atoms with van der Waals surface area (Å²) >= 11 is 0. The van der Waals surface area contributed by atoms with Gasteiger partial charge in [0.2, 0.25) is 0 Å². The van der Waals surface area contributed by atoms with E-state index in [1.165, 1.54) is 0 Å². The molecule has 0 fully saturated rings. The Balaban J connectivity index is 0.000000509. The first-order valence-electron chi connectivity index (χ1n) is 10.2. The van der Waals surface area contributed by atoms with E-state index in [-0.39, 0.29) is 5.97 Å². The number of aromatic nitrogens is 1. The molecule has 3 rings (SSSR count). The molecule has 3 N–H and O–H groups in total. The summed E-state index contributed by atoms with van der Waals surface area (Å²) in [6, 6.07) is 18.1. The second kappa shape index (κ2) is 12.2. The Morgan fingerprint density at radius 3 is 2.32 bits per heavy atom. The number of carbonyl (C=O) groups is 2. The van der Waals surface area contributed by atoms with E-state index in [9.17, 15) is 18.0 Å². The van der Waals surface area contributed by atoms with E-state index in [1.54, 1.807) is 6.21 Å².